The number of pyridine rings is 1. The quantitative estimate of drug-likeness (QED) is 0.302. The fourth-order valence-electron chi connectivity index (χ4n) is 4.44. The van der Waals surface area contributed by atoms with Crippen LogP contribution >= 0.6 is 12.4 Å². The maximum atomic E-state index is 5.91. The van der Waals surface area contributed by atoms with E-state index >= 15 is 0 Å². The van der Waals surface area contributed by atoms with Crippen molar-refractivity contribution in [3.8, 4) is 22.9 Å². The first-order valence-corrected chi connectivity index (χ1v) is 12.4. The summed E-state index contributed by atoms with van der Waals surface area (Å²) in [5.74, 6) is 3.04. The second kappa shape index (κ2) is 11.3. The highest BCUT2D eigenvalue weighted by atomic mass is 35.5. The highest BCUT2D eigenvalue weighted by Gasteiger charge is 2.24. The lowest BCUT2D eigenvalue weighted by atomic mass is 10.1. The number of piperazine rings is 1. The molecular weight excluding hydrogens is 492 g/mol. The molecule has 11 heteroatoms. The molecule has 0 spiro atoms. The van der Waals surface area contributed by atoms with E-state index in [2.05, 4.69) is 47.6 Å². The molecule has 1 saturated heterocycles. The van der Waals surface area contributed by atoms with E-state index in [1.807, 2.05) is 24.4 Å². The van der Waals surface area contributed by atoms with E-state index in [9.17, 15) is 0 Å². The number of aromatic nitrogens is 5. The molecular formula is C26H31ClN8O2. The molecule has 0 atom stereocenters. The van der Waals surface area contributed by atoms with Gasteiger partial charge in [0.15, 0.2) is 0 Å². The van der Waals surface area contributed by atoms with Crippen LogP contribution in [0.25, 0.3) is 22.3 Å². The first-order valence-electron chi connectivity index (χ1n) is 12.4. The molecule has 4 aromatic rings. The average molecular weight is 523 g/mol. The number of fused-ring (bicyclic) bond motifs is 1. The van der Waals surface area contributed by atoms with Crippen LogP contribution in [0.15, 0.2) is 42.9 Å². The van der Waals surface area contributed by atoms with E-state index in [1.54, 1.807) is 7.11 Å². The maximum Gasteiger partial charge on any atom is 0.260 e. The Kier molecular flexibility index (Phi) is 7.68. The first kappa shape index (κ1) is 25.2. The van der Waals surface area contributed by atoms with E-state index in [1.165, 1.54) is 24.7 Å². The number of ether oxygens (including phenoxy) is 2. The van der Waals surface area contributed by atoms with Crippen LogP contribution in [-0.2, 0) is 6.54 Å². The molecule has 6 rings (SSSR count). The number of methoxy groups -OCH3 is 1. The van der Waals surface area contributed by atoms with Crippen molar-refractivity contribution >= 4 is 35.2 Å². The summed E-state index contributed by atoms with van der Waals surface area (Å²) in [6.45, 7) is 5.76. The number of rotatable bonds is 9. The van der Waals surface area contributed by atoms with Gasteiger partial charge >= 0.3 is 0 Å². The number of nitrogens with one attached hydrogen (secondary N) is 3. The van der Waals surface area contributed by atoms with Gasteiger partial charge in [-0.25, -0.2) is 15.0 Å². The van der Waals surface area contributed by atoms with Crippen molar-refractivity contribution in [3.63, 3.8) is 0 Å². The average Bonchev–Trinajstić information content (AvgIpc) is 3.65. The van der Waals surface area contributed by atoms with Crippen LogP contribution in [-0.4, -0.2) is 69.7 Å². The van der Waals surface area contributed by atoms with Crippen molar-refractivity contribution in [1.29, 1.82) is 0 Å². The van der Waals surface area contributed by atoms with E-state index in [-0.39, 0.29) is 12.4 Å². The molecule has 1 aliphatic heterocycles. The number of nitrogens with zero attached hydrogens (tertiary/aromatic N) is 5. The van der Waals surface area contributed by atoms with Crippen molar-refractivity contribution < 1.29 is 9.47 Å². The number of anilines is 2. The van der Waals surface area contributed by atoms with Gasteiger partial charge in [-0.2, -0.15) is 4.98 Å². The summed E-state index contributed by atoms with van der Waals surface area (Å²) in [4.78, 5) is 23.7. The van der Waals surface area contributed by atoms with Crippen LogP contribution in [0.4, 0.5) is 11.8 Å². The largest absolute Gasteiger partial charge is 0.490 e. The number of hydrogen-bond acceptors (Lipinski definition) is 9. The van der Waals surface area contributed by atoms with Crippen LogP contribution < -0.4 is 20.1 Å². The molecule has 4 heterocycles. The predicted molar refractivity (Wildman–Crippen MR) is 145 cm³/mol. The smallest absolute Gasteiger partial charge is 0.260 e. The van der Waals surface area contributed by atoms with E-state index < -0.39 is 0 Å². The van der Waals surface area contributed by atoms with Crippen molar-refractivity contribution in [2.75, 3.05) is 45.2 Å². The van der Waals surface area contributed by atoms with Gasteiger partial charge in [0.25, 0.3) is 5.88 Å². The summed E-state index contributed by atoms with van der Waals surface area (Å²) >= 11 is 0. The molecule has 0 radical (unpaired) electrons. The number of aromatic amines is 1. The highest BCUT2D eigenvalue weighted by Crippen LogP contribution is 2.37. The number of halogens is 1. The molecule has 0 unspecified atom stereocenters. The molecule has 1 aromatic carbocycles. The molecule has 10 nitrogen and oxygen atoms in total. The summed E-state index contributed by atoms with van der Waals surface area (Å²) in [6, 6.07) is 10.1. The second-order valence-electron chi connectivity index (χ2n) is 9.33. The highest BCUT2D eigenvalue weighted by molar-refractivity contribution is 5.85. The SMILES string of the molecule is COc1c(OCC2CC2)ncnc1-c1ccc2nc(Nc3cc(CN4CCNCC4)ccn3)[nH]c2c1.Cl. The predicted octanol–water partition coefficient (Wildman–Crippen LogP) is 3.78. The zero-order chi connectivity index (χ0) is 24.3. The molecule has 3 aromatic heterocycles. The zero-order valence-corrected chi connectivity index (χ0v) is 21.6. The Morgan fingerprint density at radius 1 is 1.08 bits per heavy atom. The van der Waals surface area contributed by atoms with Gasteiger partial charge in [-0.05, 0) is 48.6 Å². The summed E-state index contributed by atoms with van der Waals surface area (Å²) in [5.41, 5.74) is 4.53. The Morgan fingerprint density at radius 3 is 2.76 bits per heavy atom. The first-order chi connectivity index (χ1) is 17.7. The van der Waals surface area contributed by atoms with Gasteiger partial charge in [-0.15, -0.1) is 12.4 Å². The van der Waals surface area contributed by atoms with E-state index in [0.717, 1.165) is 55.1 Å². The molecule has 194 valence electrons. The lowest BCUT2D eigenvalue weighted by Crippen LogP contribution is -2.42. The number of hydrogen-bond donors (Lipinski definition) is 3. The summed E-state index contributed by atoms with van der Waals surface area (Å²) < 4.78 is 11.6. The molecule has 1 saturated carbocycles. The third kappa shape index (κ3) is 5.93. The number of benzene rings is 1. The Bertz CT molecular complexity index is 1350. The van der Waals surface area contributed by atoms with Crippen molar-refractivity contribution in [2.45, 2.75) is 19.4 Å². The van der Waals surface area contributed by atoms with E-state index in [0.29, 0.717) is 35.8 Å². The molecule has 2 fully saturated rings. The van der Waals surface area contributed by atoms with Crippen molar-refractivity contribution in [2.24, 2.45) is 5.92 Å². The fraction of sp³-hybridized carbons (Fsp3) is 0.385. The minimum Gasteiger partial charge on any atom is -0.490 e. The van der Waals surface area contributed by atoms with E-state index in [4.69, 9.17) is 14.5 Å². The van der Waals surface area contributed by atoms with Crippen LogP contribution in [0.5, 0.6) is 11.6 Å². The van der Waals surface area contributed by atoms with Crippen molar-refractivity contribution in [3.05, 3.63) is 48.4 Å². The molecule has 0 bridgehead atoms. The molecule has 37 heavy (non-hydrogen) atoms. The third-order valence-electron chi connectivity index (χ3n) is 6.57. The van der Waals surface area contributed by atoms with Crippen LogP contribution in [0, 0.1) is 5.92 Å². The topological polar surface area (TPSA) is 113 Å². The Balaban J connectivity index is 0.00000280. The normalized spacial score (nSPS) is 15.8. The zero-order valence-electron chi connectivity index (χ0n) is 20.7. The van der Waals surface area contributed by atoms with Gasteiger partial charge in [0, 0.05) is 44.5 Å². The van der Waals surface area contributed by atoms with Crippen LogP contribution in [0.1, 0.15) is 18.4 Å². The summed E-state index contributed by atoms with van der Waals surface area (Å²) in [7, 11) is 1.62. The molecule has 3 N–H and O–H groups in total. The molecule has 0 amide bonds. The third-order valence-corrected chi connectivity index (χ3v) is 6.57. The van der Waals surface area contributed by atoms with Gasteiger partial charge in [0.1, 0.15) is 17.8 Å². The van der Waals surface area contributed by atoms with Gasteiger partial charge in [0.2, 0.25) is 11.7 Å². The van der Waals surface area contributed by atoms with Gasteiger partial charge in [-0.1, -0.05) is 6.07 Å². The van der Waals surface area contributed by atoms with Gasteiger partial charge in [-0.3, -0.25) is 4.90 Å². The lowest BCUT2D eigenvalue weighted by Gasteiger charge is -2.27. The van der Waals surface area contributed by atoms with Crippen LogP contribution in [0.3, 0.4) is 0 Å². The number of imidazole rings is 1. The minimum absolute atomic E-state index is 0. The summed E-state index contributed by atoms with van der Waals surface area (Å²) in [5, 5.41) is 6.71. The van der Waals surface area contributed by atoms with Crippen LogP contribution in [0.2, 0.25) is 0 Å². The van der Waals surface area contributed by atoms with Gasteiger partial charge < -0.3 is 25.1 Å². The number of H-pyrrole nitrogens is 1. The molecule has 1 aliphatic carbocycles. The lowest BCUT2D eigenvalue weighted by molar-refractivity contribution is 0.233. The fourth-order valence-corrected chi connectivity index (χ4v) is 4.44. The van der Waals surface area contributed by atoms with Crippen molar-refractivity contribution in [1.82, 2.24) is 35.1 Å². The molecule has 2 aliphatic rings. The monoisotopic (exact) mass is 522 g/mol. The van der Waals surface area contributed by atoms with Gasteiger partial charge in [0.05, 0.1) is 24.8 Å². The Hall–Kier alpha value is -3.47. The Labute approximate surface area is 221 Å². The minimum atomic E-state index is 0. The Morgan fingerprint density at radius 2 is 1.95 bits per heavy atom. The second-order valence-corrected chi connectivity index (χ2v) is 9.33. The maximum absolute atomic E-state index is 5.91. The standard InChI is InChI=1S/C26H30N8O2.ClH/c1-35-24-23(29-16-30-25(24)36-15-17-2-3-17)19-4-5-20-21(13-19)32-26(31-20)33-22-12-18(6-7-28-22)14-34-10-8-27-9-11-34;/h4-7,12-13,16-17,27H,2-3,8-11,14-15H2,1H3,(H2,28,31,32,33);1H. The summed E-state index contributed by atoms with van der Waals surface area (Å²) in [6.07, 6.45) is 5.78.